The molecule has 2 atom stereocenters. The number of ether oxygens (including phenoxy) is 2. The van der Waals surface area contributed by atoms with Crippen molar-refractivity contribution < 1.29 is 19.1 Å². The van der Waals surface area contributed by atoms with Crippen LogP contribution in [0.4, 0.5) is 9.59 Å². The van der Waals surface area contributed by atoms with Crippen LogP contribution in [0.25, 0.3) is 5.57 Å². The van der Waals surface area contributed by atoms with Crippen LogP contribution in [-0.2, 0) is 15.9 Å². The van der Waals surface area contributed by atoms with E-state index in [1.165, 1.54) is 0 Å². The summed E-state index contributed by atoms with van der Waals surface area (Å²) >= 11 is 6.38. The molecule has 0 bridgehead atoms. The molecule has 1 unspecified atom stereocenters. The van der Waals surface area contributed by atoms with Crippen molar-refractivity contribution in [1.29, 1.82) is 0 Å². The fourth-order valence-corrected chi connectivity index (χ4v) is 5.25. The highest BCUT2D eigenvalue weighted by Gasteiger charge is 2.24. The number of rotatable bonds is 18. The molecule has 1 aromatic rings. The first-order valence-corrected chi connectivity index (χ1v) is 19.7. The van der Waals surface area contributed by atoms with E-state index in [1.54, 1.807) is 23.5 Å². The van der Waals surface area contributed by atoms with Crippen molar-refractivity contribution >= 4 is 35.7 Å². The molecule has 0 aliphatic carbocycles. The van der Waals surface area contributed by atoms with E-state index in [9.17, 15) is 9.59 Å². The third kappa shape index (κ3) is 21.5. The van der Waals surface area contributed by atoms with Crippen molar-refractivity contribution in [3.8, 4) is 0 Å². The second-order valence-electron chi connectivity index (χ2n) is 13.3. The van der Waals surface area contributed by atoms with Crippen molar-refractivity contribution in [3.63, 3.8) is 0 Å². The quantitative estimate of drug-likeness (QED) is 0.0778. The third-order valence-electron chi connectivity index (χ3n) is 8.15. The van der Waals surface area contributed by atoms with Gasteiger partial charge in [-0.25, -0.2) is 14.6 Å². The number of piperazine rings is 1. The number of nitrogens with zero attached hydrogens (tertiary/aromatic N) is 3. The third-order valence-corrected chi connectivity index (χ3v) is 8.39. The summed E-state index contributed by atoms with van der Waals surface area (Å²) in [5.74, 6) is 0. The normalized spacial score (nSPS) is 14.4. The Morgan fingerprint density at radius 1 is 1.08 bits per heavy atom. The van der Waals surface area contributed by atoms with Crippen molar-refractivity contribution in [2.24, 2.45) is 4.99 Å². The molecule has 0 saturated carbocycles. The molecule has 1 heterocycles. The number of alkyl carbamates (subject to hydrolysis) is 1. The molecule has 11 heteroatoms. The molecule has 1 aromatic carbocycles. The number of hydrogen-bond acceptors (Lipinski definition) is 7. The molecule has 2 rings (SSSR count). The van der Waals surface area contributed by atoms with E-state index in [2.05, 4.69) is 47.4 Å². The maximum atomic E-state index is 12.7. The highest BCUT2D eigenvalue weighted by atomic mass is 35.5. The fraction of sp³-hybridized carbons (Fsp3) is 0.595. The van der Waals surface area contributed by atoms with Gasteiger partial charge in [0.05, 0.1) is 12.4 Å². The first-order chi connectivity index (χ1) is 25.3. The van der Waals surface area contributed by atoms with Gasteiger partial charge in [-0.15, -0.1) is 0 Å². The number of hydrogen-bond donors (Lipinski definition) is 3. The lowest BCUT2D eigenvalue weighted by molar-refractivity contribution is 0.0360. The number of amides is 2. The number of aliphatic imine (C=N–C) groups is 1. The van der Waals surface area contributed by atoms with Gasteiger partial charge in [0.2, 0.25) is 0 Å². The van der Waals surface area contributed by atoms with Crippen LogP contribution in [0.3, 0.4) is 0 Å². The predicted octanol–water partition coefficient (Wildman–Crippen LogP) is 9.37. The average Bonchev–Trinajstić information content (AvgIpc) is 3.13. The zero-order valence-electron chi connectivity index (χ0n) is 34.6. The summed E-state index contributed by atoms with van der Waals surface area (Å²) in [6, 6.07) is 5.30. The molecule has 1 fully saturated rings. The van der Waals surface area contributed by atoms with Gasteiger partial charge in [0.15, 0.2) is 0 Å². The Morgan fingerprint density at radius 2 is 1.72 bits per heavy atom. The van der Waals surface area contributed by atoms with Gasteiger partial charge in [-0.05, 0) is 94.5 Å². The van der Waals surface area contributed by atoms with Crippen LogP contribution < -0.4 is 16.0 Å². The van der Waals surface area contributed by atoms with Crippen molar-refractivity contribution in [1.82, 2.24) is 25.8 Å². The second kappa shape index (κ2) is 28.7. The van der Waals surface area contributed by atoms with E-state index in [1.807, 2.05) is 104 Å². The van der Waals surface area contributed by atoms with Crippen LogP contribution in [0, 0.1) is 0 Å². The second-order valence-corrected chi connectivity index (χ2v) is 13.8. The minimum atomic E-state index is -0.581. The minimum absolute atomic E-state index is 0.0888. The smallest absolute Gasteiger partial charge is 0.410 e. The van der Waals surface area contributed by atoms with Gasteiger partial charge in [0.25, 0.3) is 0 Å². The lowest BCUT2D eigenvalue weighted by Gasteiger charge is -2.28. The van der Waals surface area contributed by atoms with Crippen molar-refractivity contribution in [2.45, 2.75) is 125 Å². The largest absolute Gasteiger partial charge is 0.446 e. The monoisotopic (exact) mass is 759 g/mol. The molecule has 3 N–H and O–H groups in total. The SMILES string of the molecule is C=C(c1cc(Cl)ccc1CC(/C=C\C)N/C=C\C)[C@H](/C=C/N=CN(C)C)NC(=O)OC(C)(C)CC.CC.CCCC(CCC)OC(=O)N1CCNCC1. The van der Waals surface area contributed by atoms with E-state index in [0.29, 0.717) is 23.4 Å². The van der Waals surface area contributed by atoms with Crippen molar-refractivity contribution in [2.75, 3.05) is 40.3 Å². The van der Waals surface area contributed by atoms with Gasteiger partial charge in [0, 0.05) is 57.5 Å². The van der Waals surface area contributed by atoms with Crippen LogP contribution in [0.15, 0.2) is 66.5 Å². The molecule has 0 radical (unpaired) electrons. The molecule has 0 spiro atoms. The van der Waals surface area contributed by atoms with Crippen molar-refractivity contribution in [3.05, 3.63) is 77.6 Å². The van der Waals surface area contributed by atoms with Gasteiger partial charge in [-0.1, -0.05) is 89.9 Å². The number of halogens is 1. The highest BCUT2D eigenvalue weighted by Crippen LogP contribution is 2.27. The molecule has 1 saturated heterocycles. The minimum Gasteiger partial charge on any atom is -0.446 e. The Balaban J connectivity index is 0.00000125. The van der Waals surface area contributed by atoms with E-state index >= 15 is 0 Å². The molecule has 0 aromatic heterocycles. The first-order valence-electron chi connectivity index (χ1n) is 19.3. The molecule has 10 nitrogen and oxygen atoms in total. The maximum absolute atomic E-state index is 12.7. The molecule has 1 aliphatic rings. The number of allylic oxidation sites excluding steroid dienone is 2. The Bertz CT molecular complexity index is 1300. The van der Waals surface area contributed by atoms with Crippen LogP contribution in [0.5, 0.6) is 0 Å². The van der Waals surface area contributed by atoms with E-state index in [4.69, 9.17) is 21.1 Å². The van der Waals surface area contributed by atoms with Gasteiger partial charge in [-0.2, -0.15) is 0 Å². The summed E-state index contributed by atoms with van der Waals surface area (Å²) in [4.78, 5) is 32.5. The summed E-state index contributed by atoms with van der Waals surface area (Å²) < 4.78 is 11.1. The molecule has 53 heavy (non-hydrogen) atoms. The van der Waals surface area contributed by atoms with Gasteiger partial charge in [0.1, 0.15) is 11.7 Å². The molecular formula is C42H71ClN6O4. The first kappa shape index (κ1) is 49.2. The summed E-state index contributed by atoms with van der Waals surface area (Å²) in [6.07, 6.45) is 18.1. The van der Waals surface area contributed by atoms with Crippen LogP contribution >= 0.6 is 11.6 Å². The Labute approximate surface area is 327 Å². The molecular weight excluding hydrogens is 688 g/mol. The summed E-state index contributed by atoms with van der Waals surface area (Å²) in [5, 5.41) is 10.1. The zero-order chi connectivity index (χ0) is 40.2. The van der Waals surface area contributed by atoms with Gasteiger partial charge < -0.3 is 35.2 Å². The van der Waals surface area contributed by atoms with E-state index in [0.717, 1.165) is 63.0 Å². The van der Waals surface area contributed by atoms with Crippen LogP contribution in [0.2, 0.25) is 5.02 Å². The highest BCUT2D eigenvalue weighted by molar-refractivity contribution is 6.30. The molecule has 300 valence electrons. The zero-order valence-corrected chi connectivity index (χ0v) is 35.4. The lowest BCUT2D eigenvalue weighted by atomic mass is 9.91. The van der Waals surface area contributed by atoms with E-state index < -0.39 is 17.7 Å². The topological polar surface area (TPSA) is 108 Å². The lowest BCUT2D eigenvalue weighted by Crippen LogP contribution is -2.47. The molecule has 1 aliphatic heterocycles. The fourth-order valence-electron chi connectivity index (χ4n) is 5.07. The summed E-state index contributed by atoms with van der Waals surface area (Å²) in [5.41, 5.74) is 2.03. The average molecular weight is 760 g/mol. The number of nitrogens with one attached hydrogen (secondary N) is 3. The summed E-state index contributed by atoms with van der Waals surface area (Å²) in [6.45, 7) is 25.6. The summed E-state index contributed by atoms with van der Waals surface area (Å²) in [7, 11) is 3.77. The number of benzene rings is 1. The number of carbonyl (C=O) groups excluding carboxylic acids is 2. The Morgan fingerprint density at radius 3 is 2.26 bits per heavy atom. The number of carbonyl (C=O) groups is 2. The van der Waals surface area contributed by atoms with Crippen LogP contribution in [-0.4, -0.2) is 92.4 Å². The van der Waals surface area contributed by atoms with Crippen LogP contribution in [0.1, 0.15) is 106 Å². The van der Waals surface area contributed by atoms with E-state index in [-0.39, 0.29) is 18.2 Å². The van der Waals surface area contributed by atoms with Gasteiger partial charge in [-0.3, -0.25) is 0 Å². The Hall–Kier alpha value is -3.76. The molecule has 2 amide bonds. The maximum Gasteiger partial charge on any atom is 0.410 e. The predicted molar refractivity (Wildman–Crippen MR) is 226 cm³/mol. The standard InChI is InChI=1S/C28H41ClN4O2.C12H24N2O2.C2H6/c1-9-12-24(31-16-10-2)18-22-13-14-23(29)19-25(22)21(4)26(15-17-30-20-33(7)8)32-27(34)35-28(5,6)11-3;1-3-5-11(6-4-2)16-12(15)14-9-7-13-8-10-14;1-2/h9-10,12-17,19-20,24,26,31H,4,11,18H2,1-3,5-8H3,(H,32,34);11,13H,3-10H2,1-2H3;1-2H3/b12-9-,16-10-,17-15+,30-20?;;/t24?,26-;;/m0../s1. The van der Waals surface area contributed by atoms with Gasteiger partial charge >= 0.3 is 12.2 Å². The Kier molecular flexibility index (Phi) is 26.7.